The minimum absolute atomic E-state index is 0.315. The van der Waals surface area contributed by atoms with Gasteiger partial charge in [-0.1, -0.05) is 13.8 Å². The van der Waals surface area contributed by atoms with Crippen molar-refractivity contribution in [2.45, 2.75) is 59.3 Å². The third-order valence-electron chi connectivity index (χ3n) is 3.92. The zero-order chi connectivity index (χ0) is 12.2. The summed E-state index contributed by atoms with van der Waals surface area (Å²) in [5.41, 5.74) is -0.186. The highest BCUT2D eigenvalue weighted by molar-refractivity contribution is 5.74. The van der Waals surface area contributed by atoms with E-state index in [0.29, 0.717) is 18.3 Å². The van der Waals surface area contributed by atoms with Crippen LogP contribution in [0.1, 0.15) is 59.3 Å². The number of rotatable bonds is 3. The second kappa shape index (κ2) is 4.91. The average molecular weight is 222 g/mol. The predicted octanol–water partition coefficient (Wildman–Crippen LogP) is 3.46. The fraction of sp³-hybridized carbons (Fsp3) is 0.786. The Morgan fingerprint density at radius 2 is 1.81 bits per heavy atom. The molecule has 0 aliphatic heterocycles. The fourth-order valence-corrected chi connectivity index (χ4v) is 2.40. The lowest BCUT2D eigenvalue weighted by Crippen LogP contribution is -2.37. The van der Waals surface area contributed by atoms with Crippen LogP contribution in [-0.2, 0) is 4.79 Å². The van der Waals surface area contributed by atoms with Crippen molar-refractivity contribution in [3.05, 3.63) is 0 Å². The molecule has 0 bridgehead atoms. The topological polar surface area (TPSA) is 37.3 Å². The van der Waals surface area contributed by atoms with E-state index in [1.807, 2.05) is 0 Å². The van der Waals surface area contributed by atoms with E-state index in [0.717, 1.165) is 25.7 Å². The van der Waals surface area contributed by atoms with Gasteiger partial charge in [-0.15, -0.1) is 11.8 Å². The normalized spacial score (nSPS) is 21.9. The smallest absolute Gasteiger partial charge is 0.309 e. The van der Waals surface area contributed by atoms with Crippen LogP contribution in [0.15, 0.2) is 0 Å². The minimum atomic E-state index is -0.624. The van der Waals surface area contributed by atoms with Gasteiger partial charge in [0.05, 0.1) is 5.41 Å². The van der Waals surface area contributed by atoms with Gasteiger partial charge in [0.2, 0.25) is 0 Å². The molecule has 1 rings (SSSR count). The maximum Gasteiger partial charge on any atom is 0.309 e. The van der Waals surface area contributed by atoms with Crippen LogP contribution in [0.3, 0.4) is 0 Å². The number of carbonyl (C=O) groups is 1. The first kappa shape index (κ1) is 13.1. The second-order valence-corrected chi connectivity index (χ2v) is 5.68. The highest BCUT2D eigenvalue weighted by Crippen LogP contribution is 2.47. The maximum atomic E-state index is 11.4. The lowest BCUT2D eigenvalue weighted by molar-refractivity contribution is -0.153. The molecular formula is C14H22O2. The van der Waals surface area contributed by atoms with Crippen LogP contribution in [0.5, 0.6) is 0 Å². The molecule has 1 aliphatic carbocycles. The molecule has 1 aliphatic rings. The molecule has 0 saturated heterocycles. The van der Waals surface area contributed by atoms with E-state index in [2.05, 4.69) is 25.7 Å². The van der Waals surface area contributed by atoms with Crippen molar-refractivity contribution < 1.29 is 9.90 Å². The van der Waals surface area contributed by atoms with Gasteiger partial charge >= 0.3 is 5.97 Å². The molecule has 16 heavy (non-hydrogen) atoms. The standard InChI is InChI=1S/C14H22O2/c1-4-5-6-7-14(12(15)16)10-8-13(2,3)9-11-14/h6-11H2,1-3H3,(H,15,16). The van der Waals surface area contributed by atoms with Crippen LogP contribution < -0.4 is 0 Å². The van der Waals surface area contributed by atoms with Gasteiger partial charge < -0.3 is 5.11 Å². The third kappa shape index (κ3) is 3.01. The van der Waals surface area contributed by atoms with E-state index >= 15 is 0 Å². The number of aliphatic carboxylic acids is 1. The van der Waals surface area contributed by atoms with Gasteiger partial charge in [-0.25, -0.2) is 0 Å². The van der Waals surface area contributed by atoms with Gasteiger partial charge in [0.1, 0.15) is 0 Å². The molecule has 0 aromatic carbocycles. The Labute approximate surface area is 98.4 Å². The van der Waals surface area contributed by atoms with Crippen molar-refractivity contribution in [1.82, 2.24) is 0 Å². The Kier molecular flexibility index (Phi) is 4.02. The summed E-state index contributed by atoms with van der Waals surface area (Å²) >= 11 is 0. The summed E-state index contributed by atoms with van der Waals surface area (Å²) in [5.74, 6) is 5.20. The Hall–Kier alpha value is -0.970. The predicted molar refractivity (Wildman–Crippen MR) is 65.0 cm³/mol. The molecule has 0 aromatic heterocycles. The molecule has 0 aromatic rings. The van der Waals surface area contributed by atoms with E-state index in [4.69, 9.17) is 0 Å². The van der Waals surface area contributed by atoms with E-state index in [1.54, 1.807) is 6.92 Å². The lowest BCUT2D eigenvalue weighted by atomic mass is 9.63. The maximum absolute atomic E-state index is 11.4. The number of hydrogen-bond donors (Lipinski definition) is 1. The molecule has 0 amide bonds. The number of carboxylic acid groups (broad SMARTS) is 1. The Morgan fingerprint density at radius 1 is 1.25 bits per heavy atom. The Morgan fingerprint density at radius 3 is 2.25 bits per heavy atom. The summed E-state index contributed by atoms with van der Waals surface area (Å²) in [4.78, 5) is 11.4. The first-order valence-electron chi connectivity index (χ1n) is 6.05. The van der Waals surface area contributed by atoms with Crippen molar-refractivity contribution in [3.8, 4) is 11.8 Å². The van der Waals surface area contributed by atoms with Gasteiger partial charge in [-0.05, 0) is 44.4 Å². The van der Waals surface area contributed by atoms with E-state index < -0.39 is 11.4 Å². The Balaban J connectivity index is 2.67. The largest absolute Gasteiger partial charge is 0.481 e. The van der Waals surface area contributed by atoms with Gasteiger partial charge in [0.25, 0.3) is 0 Å². The van der Waals surface area contributed by atoms with Crippen molar-refractivity contribution in [1.29, 1.82) is 0 Å². The molecular weight excluding hydrogens is 200 g/mol. The van der Waals surface area contributed by atoms with Gasteiger partial charge in [-0.3, -0.25) is 4.79 Å². The van der Waals surface area contributed by atoms with Crippen molar-refractivity contribution in [2.24, 2.45) is 10.8 Å². The second-order valence-electron chi connectivity index (χ2n) is 5.68. The summed E-state index contributed by atoms with van der Waals surface area (Å²) in [5, 5.41) is 9.41. The average Bonchev–Trinajstić information content (AvgIpc) is 2.21. The van der Waals surface area contributed by atoms with E-state index in [9.17, 15) is 9.90 Å². The summed E-state index contributed by atoms with van der Waals surface area (Å²) in [7, 11) is 0. The molecule has 0 radical (unpaired) electrons. The van der Waals surface area contributed by atoms with Gasteiger partial charge in [-0.2, -0.15) is 0 Å². The zero-order valence-corrected chi connectivity index (χ0v) is 10.6. The van der Waals surface area contributed by atoms with Crippen molar-refractivity contribution in [3.63, 3.8) is 0 Å². The van der Waals surface area contributed by atoms with Crippen LogP contribution in [0.4, 0.5) is 0 Å². The zero-order valence-electron chi connectivity index (χ0n) is 10.6. The minimum Gasteiger partial charge on any atom is -0.481 e. The first-order chi connectivity index (χ1) is 7.42. The fourth-order valence-electron chi connectivity index (χ4n) is 2.40. The SMILES string of the molecule is CC#CCCC1(C(=O)O)CCC(C)(C)CC1. The summed E-state index contributed by atoms with van der Waals surface area (Å²) in [6.07, 6.45) is 5.06. The summed E-state index contributed by atoms with van der Waals surface area (Å²) in [6.45, 7) is 6.26. The molecule has 0 unspecified atom stereocenters. The van der Waals surface area contributed by atoms with Crippen LogP contribution in [0, 0.1) is 22.7 Å². The molecule has 2 heteroatoms. The van der Waals surface area contributed by atoms with E-state index in [-0.39, 0.29) is 0 Å². The first-order valence-corrected chi connectivity index (χ1v) is 6.05. The van der Waals surface area contributed by atoms with Crippen LogP contribution in [-0.4, -0.2) is 11.1 Å². The van der Waals surface area contributed by atoms with Crippen LogP contribution >= 0.6 is 0 Å². The Bertz CT molecular complexity index is 307. The summed E-state index contributed by atoms with van der Waals surface area (Å²) < 4.78 is 0. The van der Waals surface area contributed by atoms with Crippen molar-refractivity contribution in [2.75, 3.05) is 0 Å². The van der Waals surface area contributed by atoms with Crippen LogP contribution in [0.2, 0.25) is 0 Å². The molecule has 2 nitrogen and oxygen atoms in total. The van der Waals surface area contributed by atoms with Crippen molar-refractivity contribution >= 4 is 5.97 Å². The summed E-state index contributed by atoms with van der Waals surface area (Å²) in [6, 6.07) is 0. The highest BCUT2D eigenvalue weighted by atomic mass is 16.4. The van der Waals surface area contributed by atoms with Gasteiger partial charge in [0, 0.05) is 6.42 Å². The quantitative estimate of drug-likeness (QED) is 0.742. The molecule has 0 spiro atoms. The molecule has 90 valence electrons. The van der Waals surface area contributed by atoms with E-state index in [1.165, 1.54) is 0 Å². The lowest BCUT2D eigenvalue weighted by Gasteiger charge is -2.40. The number of carboxylic acids is 1. The van der Waals surface area contributed by atoms with Crippen LogP contribution in [0.25, 0.3) is 0 Å². The third-order valence-corrected chi connectivity index (χ3v) is 3.92. The molecule has 1 saturated carbocycles. The van der Waals surface area contributed by atoms with Gasteiger partial charge in [0.15, 0.2) is 0 Å². The molecule has 1 fully saturated rings. The molecule has 0 heterocycles. The molecule has 0 atom stereocenters. The monoisotopic (exact) mass is 222 g/mol. The highest BCUT2D eigenvalue weighted by Gasteiger charge is 2.43. The molecule has 1 N–H and O–H groups in total. The number of hydrogen-bond acceptors (Lipinski definition) is 1.